The van der Waals surface area contributed by atoms with Gasteiger partial charge in [-0.15, -0.1) is 0 Å². The van der Waals surface area contributed by atoms with Gasteiger partial charge < -0.3 is 15.2 Å². The third kappa shape index (κ3) is 5.88. The summed E-state index contributed by atoms with van der Waals surface area (Å²) in [5.41, 5.74) is 1.48. The SMILES string of the molecule is N#C/C(=C\c1cc(Cl)cc(Cl)c1OCc1ccccc1)C(=O)Nc1ccc(C(=O)O)cc1. The highest BCUT2D eigenvalue weighted by Gasteiger charge is 2.15. The lowest BCUT2D eigenvalue weighted by Crippen LogP contribution is -2.13. The van der Waals surface area contributed by atoms with Gasteiger partial charge in [0.05, 0.1) is 10.6 Å². The molecule has 3 aromatic carbocycles. The molecule has 0 saturated carbocycles. The van der Waals surface area contributed by atoms with Gasteiger partial charge in [-0.25, -0.2) is 4.79 Å². The molecule has 0 heterocycles. The molecule has 0 spiro atoms. The minimum Gasteiger partial charge on any atom is -0.487 e. The van der Waals surface area contributed by atoms with Gasteiger partial charge in [-0.05, 0) is 48.0 Å². The van der Waals surface area contributed by atoms with Crippen LogP contribution in [0.2, 0.25) is 10.0 Å². The van der Waals surface area contributed by atoms with E-state index in [4.69, 9.17) is 33.0 Å². The van der Waals surface area contributed by atoms with E-state index in [-0.39, 0.29) is 28.5 Å². The number of rotatable bonds is 7. The molecule has 2 N–H and O–H groups in total. The summed E-state index contributed by atoms with van der Waals surface area (Å²) >= 11 is 12.4. The molecule has 0 radical (unpaired) electrons. The molecule has 0 aliphatic heterocycles. The Hall–Kier alpha value is -3.79. The summed E-state index contributed by atoms with van der Waals surface area (Å²) in [6.07, 6.45) is 1.33. The van der Waals surface area contributed by atoms with Crippen molar-refractivity contribution in [3.05, 3.63) is 99.0 Å². The number of amides is 1. The van der Waals surface area contributed by atoms with Gasteiger partial charge >= 0.3 is 5.97 Å². The number of aromatic carboxylic acids is 1. The van der Waals surface area contributed by atoms with Gasteiger partial charge in [-0.2, -0.15) is 5.26 Å². The smallest absolute Gasteiger partial charge is 0.335 e. The van der Waals surface area contributed by atoms with Gasteiger partial charge in [0.25, 0.3) is 5.91 Å². The van der Waals surface area contributed by atoms with E-state index in [9.17, 15) is 14.9 Å². The Morgan fingerprint density at radius 2 is 1.75 bits per heavy atom. The van der Waals surface area contributed by atoms with Gasteiger partial charge in [-0.1, -0.05) is 53.5 Å². The molecule has 160 valence electrons. The fourth-order valence-corrected chi connectivity index (χ4v) is 3.33. The topological polar surface area (TPSA) is 99.4 Å². The van der Waals surface area contributed by atoms with Crippen LogP contribution in [0.3, 0.4) is 0 Å². The van der Waals surface area contributed by atoms with Crippen molar-refractivity contribution in [1.82, 2.24) is 0 Å². The maximum Gasteiger partial charge on any atom is 0.335 e. The lowest BCUT2D eigenvalue weighted by atomic mass is 10.1. The molecule has 8 heteroatoms. The Labute approximate surface area is 194 Å². The number of halogens is 2. The molecule has 0 unspecified atom stereocenters. The van der Waals surface area contributed by atoms with Crippen molar-refractivity contribution in [3.63, 3.8) is 0 Å². The number of nitrogens with one attached hydrogen (secondary N) is 1. The minimum atomic E-state index is -1.08. The third-order valence-corrected chi connectivity index (χ3v) is 4.82. The van der Waals surface area contributed by atoms with Crippen molar-refractivity contribution >= 4 is 46.8 Å². The summed E-state index contributed by atoms with van der Waals surface area (Å²) in [7, 11) is 0. The second-order valence-electron chi connectivity index (χ2n) is 6.59. The van der Waals surface area contributed by atoms with Crippen LogP contribution in [0.5, 0.6) is 5.75 Å². The largest absolute Gasteiger partial charge is 0.487 e. The second-order valence-corrected chi connectivity index (χ2v) is 7.43. The molecular formula is C24H16Cl2N2O4. The number of carbonyl (C=O) groups is 2. The van der Waals surface area contributed by atoms with Gasteiger partial charge in [0.2, 0.25) is 0 Å². The number of carboxylic acid groups (broad SMARTS) is 1. The normalized spacial score (nSPS) is 10.8. The van der Waals surface area contributed by atoms with E-state index < -0.39 is 11.9 Å². The Balaban J connectivity index is 1.86. The number of hydrogen-bond acceptors (Lipinski definition) is 4. The summed E-state index contributed by atoms with van der Waals surface area (Å²) in [6, 6.07) is 19.9. The van der Waals surface area contributed by atoms with E-state index >= 15 is 0 Å². The van der Waals surface area contributed by atoms with E-state index in [0.29, 0.717) is 16.3 Å². The van der Waals surface area contributed by atoms with E-state index in [1.54, 1.807) is 6.07 Å². The molecule has 0 aliphatic carbocycles. The predicted octanol–water partition coefficient (Wildman–Crippen LogP) is 5.82. The van der Waals surface area contributed by atoms with Crippen LogP contribution in [-0.2, 0) is 11.4 Å². The fourth-order valence-electron chi connectivity index (χ4n) is 2.77. The first kappa shape index (κ1) is 22.9. The highest BCUT2D eigenvalue weighted by Crippen LogP contribution is 2.34. The molecule has 0 aromatic heterocycles. The molecule has 3 rings (SSSR count). The van der Waals surface area contributed by atoms with Gasteiger partial charge in [-0.3, -0.25) is 4.79 Å². The summed E-state index contributed by atoms with van der Waals surface area (Å²) in [5, 5.41) is 21.6. The minimum absolute atomic E-state index is 0.0767. The lowest BCUT2D eigenvalue weighted by Gasteiger charge is -2.12. The van der Waals surface area contributed by atoms with Crippen LogP contribution in [0.25, 0.3) is 6.08 Å². The zero-order valence-electron chi connectivity index (χ0n) is 16.5. The summed E-state index contributed by atoms with van der Waals surface area (Å²) < 4.78 is 5.86. The number of carbonyl (C=O) groups excluding carboxylic acids is 1. The van der Waals surface area contributed by atoms with Gasteiger partial charge in [0.1, 0.15) is 24.0 Å². The highest BCUT2D eigenvalue weighted by molar-refractivity contribution is 6.36. The van der Waals surface area contributed by atoms with Crippen LogP contribution in [0.15, 0.2) is 72.3 Å². The Kier molecular flexibility index (Phi) is 7.50. The van der Waals surface area contributed by atoms with Crippen molar-refractivity contribution in [3.8, 4) is 11.8 Å². The van der Waals surface area contributed by atoms with Crippen LogP contribution in [0.4, 0.5) is 5.69 Å². The highest BCUT2D eigenvalue weighted by atomic mass is 35.5. The first-order chi connectivity index (χ1) is 15.4. The number of carboxylic acids is 1. The number of nitriles is 1. The van der Waals surface area contributed by atoms with Crippen molar-refractivity contribution in [1.29, 1.82) is 5.26 Å². The lowest BCUT2D eigenvalue weighted by molar-refractivity contribution is -0.112. The number of anilines is 1. The van der Waals surface area contributed by atoms with E-state index in [0.717, 1.165) is 5.56 Å². The van der Waals surface area contributed by atoms with Crippen LogP contribution in [-0.4, -0.2) is 17.0 Å². The van der Waals surface area contributed by atoms with Crippen molar-refractivity contribution in [2.75, 3.05) is 5.32 Å². The Morgan fingerprint density at radius 3 is 2.38 bits per heavy atom. The van der Waals surface area contributed by atoms with E-state index in [1.807, 2.05) is 36.4 Å². The molecule has 0 fully saturated rings. The molecule has 1 amide bonds. The summed E-state index contributed by atoms with van der Waals surface area (Å²) in [5.74, 6) is -1.48. The molecule has 6 nitrogen and oxygen atoms in total. The number of benzene rings is 3. The van der Waals surface area contributed by atoms with Gasteiger partial charge in [0.15, 0.2) is 0 Å². The number of nitrogens with zero attached hydrogens (tertiary/aromatic N) is 1. The fraction of sp³-hybridized carbons (Fsp3) is 0.0417. The summed E-state index contributed by atoms with van der Waals surface area (Å²) in [4.78, 5) is 23.6. The standard InChI is InChI=1S/C24H16Cl2N2O4/c25-19-11-17(22(21(26)12-19)32-14-15-4-2-1-3-5-15)10-18(13-27)23(29)28-20-8-6-16(7-9-20)24(30)31/h1-12H,14H2,(H,28,29)(H,30,31)/b18-10+. The maximum absolute atomic E-state index is 12.6. The van der Waals surface area contributed by atoms with Crippen LogP contribution >= 0.6 is 23.2 Å². The van der Waals surface area contributed by atoms with E-state index in [2.05, 4.69) is 5.32 Å². The molecular weight excluding hydrogens is 451 g/mol. The van der Waals surface area contributed by atoms with Gasteiger partial charge in [0, 0.05) is 16.3 Å². The van der Waals surface area contributed by atoms with Crippen LogP contribution in [0, 0.1) is 11.3 Å². The quantitative estimate of drug-likeness (QED) is 0.337. The Bertz CT molecular complexity index is 1220. The first-order valence-corrected chi connectivity index (χ1v) is 10.0. The molecule has 0 bridgehead atoms. The van der Waals surface area contributed by atoms with Crippen LogP contribution in [0.1, 0.15) is 21.5 Å². The maximum atomic E-state index is 12.6. The van der Waals surface area contributed by atoms with Crippen LogP contribution < -0.4 is 10.1 Å². The molecule has 0 atom stereocenters. The molecule has 3 aromatic rings. The van der Waals surface area contributed by atoms with Crippen molar-refractivity contribution in [2.45, 2.75) is 6.61 Å². The monoisotopic (exact) mass is 466 g/mol. The van der Waals surface area contributed by atoms with E-state index in [1.165, 1.54) is 36.4 Å². The van der Waals surface area contributed by atoms with Crippen molar-refractivity contribution < 1.29 is 19.4 Å². The molecule has 0 aliphatic rings. The first-order valence-electron chi connectivity index (χ1n) is 9.29. The number of hydrogen-bond donors (Lipinski definition) is 2. The predicted molar refractivity (Wildman–Crippen MR) is 123 cm³/mol. The van der Waals surface area contributed by atoms with Crippen molar-refractivity contribution in [2.24, 2.45) is 0 Å². The average Bonchev–Trinajstić information content (AvgIpc) is 2.77. The third-order valence-electron chi connectivity index (χ3n) is 4.32. The summed E-state index contributed by atoms with van der Waals surface area (Å²) in [6.45, 7) is 0.229. The zero-order valence-corrected chi connectivity index (χ0v) is 18.0. The zero-order chi connectivity index (χ0) is 23.1. The number of ether oxygens (including phenoxy) is 1. The average molecular weight is 467 g/mol. The Morgan fingerprint density at radius 1 is 1.06 bits per heavy atom. The second kappa shape index (κ2) is 10.5. The molecule has 32 heavy (non-hydrogen) atoms. The molecule has 0 saturated heterocycles.